The Morgan fingerprint density at radius 2 is 1.82 bits per heavy atom. The van der Waals surface area contributed by atoms with Gasteiger partial charge in [-0.1, -0.05) is 17.7 Å². The van der Waals surface area contributed by atoms with Crippen LogP contribution in [0.3, 0.4) is 0 Å². The Balaban J connectivity index is 1.43. The molecule has 8 heteroatoms. The molecule has 0 unspecified atom stereocenters. The molecule has 0 radical (unpaired) electrons. The van der Waals surface area contributed by atoms with Gasteiger partial charge in [0.25, 0.3) is 11.8 Å². The smallest absolute Gasteiger partial charge is 0.263 e. The fourth-order valence-electron chi connectivity index (χ4n) is 3.27. The Kier molecular flexibility index (Phi) is 4.50. The van der Waals surface area contributed by atoms with E-state index in [9.17, 15) is 9.59 Å². The van der Waals surface area contributed by atoms with E-state index in [1.54, 1.807) is 4.90 Å². The number of fused-ring (bicyclic) bond motifs is 1. The van der Waals surface area contributed by atoms with Crippen LogP contribution in [0.5, 0.6) is 0 Å². The molecule has 2 amide bonds. The second kappa shape index (κ2) is 6.87. The highest BCUT2D eigenvalue weighted by Gasteiger charge is 2.33. The van der Waals surface area contributed by atoms with Gasteiger partial charge < -0.3 is 16.0 Å². The van der Waals surface area contributed by atoms with Crippen molar-refractivity contribution in [1.29, 1.82) is 0 Å². The zero-order valence-corrected chi connectivity index (χ0v) is 16.8. The van der Waals surface area contributed by atoms with Crippen LogP contribution in [0.1, 0.15) is 36.9 Å². The fourth-order valence-corrected chi connectivity index (χ4v) is 4.28. The molecule has 0 saturated carbocycles. The number of aryl methyl sites for hydroxylation is 3. The summed E-state index contributed by atoms with van der Waals surface area (Å²) < 4.78 is 0. The van der Waals surface area contributed by atoms with Crippen molar-refractivity contribution in [2.24, 2.45) is 0 Å². The number of carbonyl (C=O) groups is 2. The minimum atomic E-state index is -0.231. The lowest BCUT2D eigenvalue weighted by molar-refractivity contribution is 0.0543. The van der Waals surface area contributed by atoms with Crippen molar-refractivity contribution < 1.29 is 9.59 Å². The van der Waals surface area contributed by atoms with Crippen LogP contribution >= 0.6 is 11.3 Å². The number of nitrogens with two attached hydrogens (primary N) is 1. The van der Waals surface area contributed by atoms with Gasteiger partial charge in [-0.15, -0.1) is 16.4 Å². The number of nitrogen functional groups attached to an aromatic ring is 1. The minimum Gasteiger partial charge on any atom is -0.397 e. The van der Waals surface area contributed by atoms with Crippen LogP contribution in [0, 0.1) is 20.8 Å². The van der Waals surface area contributed by atoms with Crippen molar-refractivity contribution in [2.45, 2.75) is 26.8 Å². The molecule has 0 spiro atoms. The van der Waals surface area contributed by atoms with Gasteiger partial charge in [0.05, 0.1) is 17.4 Å². The van der Waals surface area contributed by atoms with Crippen molar-refractivity contribution in [1.82, 2.24) is 20.4 Å². The number of hydrogen-bond acceptors (Lipinski definition) is 6. The number of benzene rings is 1. The summed E-state index contributed by atoms with van der Waals surface area (Å²) in [6.07, 6.45) is 0. The topological polar surface area (TPSA) is 101 Å². The number of rotatable bonds is 3. The van der Waals surface area contributed by atoms with Crippen molar-refractivity contribution in [3.63, 3.8) is 0 Å². The van der Waals surface area contributed by atoms with Gasteiger partial charge in [0.15, 0.2) is 0 Å². The molecule has 7 nitrogen and oxygen atoms in total. The molecule has 0 bridgehead atoms. The molecule has 3 aromatic rings. The maximum absolute atomic E-state index is 12.7. The van der Waals surface area contributed by atoms with Gasteiger partial charge in [-0.3, -0.25) is 9.59 Å². The van der Waals surface area contributed by atoms with Crippen LogP contribution < -0.4 is 11.1 Å². The highest BCUT2D eigenvalue weighted by atomic mass is 32.1. The summed E-state index contributed by atoms with van der Waals surface area (Å²) in [7, 11) is 0. The molecule has 1 aromatic carbocycles. The van der Waals surface area contributed by atoms with E-state index in [0.717, 1.165) is 22.2 Å². The average molecular weight is 395 g/mol. The van der Waals surface area contributed by atoms with Crippen LogP contribution in [-0.2, 0) is 0 Å². The lowest BCUT2D eigenvalue weighted by atomic mass is 10.1. The van der Waals surface area contributed by atoms with Crippen LogP contribution in [-0.4, -0.2) is 46.0 Å². The molecule has 28 heavy (non-hydrogen) atoms. The molecule has 1 saturated heterocycles. The molecule has 0 atom stereocenters. The Morgan fingerprint density at radius 3 is 2.50 bits per heavy atom. The molecule has 144 valence electrons. The third-order valence-corrected chi connectivity index (χ3v) is 6.23. The SMILES string of the molecule is Cc1ccc(C(=O)N2CC(NC(=O)c3sc4nnc(C)c(C)c4c3N)C2)cc1. The van der Waals surface area contributed by atoms with Gasteiger partial charge in [-0.05, 0) is 38.5 Å². The first-order chi connectivity index (χ1) is 13.3. The molecule has 0 aliphatic carbocycles. The van der Waals surface area contributed by atoms with Crippen molar-refractivity contribution in [3.05, 3.63) is 51.5 Å². The number of carbonyl (C=O) groups excluding carboxylic acids is 2. The monoisotopic (exact) mass is 395 g/mol. The summed E-state index contributed by atoms with van der Waals surface area (Å²) in [5.74, 6) is -0.252. The number of nitrogens with one attached hydrogen (secondary N) is 1. The Labute approximate surface area is 166 Å². The summed E-state index contributed by atoms with van der Waals surface area (Å²) in [4.78, 5) is 28.0. The molecule has 1 aliphatic rings. The van der Waals surface area contributed by atoms with Crippen LogP contribution in [0.25, 0.3) is 10.2 Å². The number of nitrogens with zero attached hydrogens (tertiary/aromatic N) is 3. The number of thiophene rings is 1. The highest BCUT2D eigenvalue weighted by Crippen LogP contribution is 2.34. The Bertz CT molecular complexity index is 1080. The Morgan fingerprint density at radius 1 is 1.14 bits per heavy atom. The molecular formula is C20H21N5O2S. The first kappa shape index (κ1) is 18.4. The van der Waals surface area contributed by atoms with E-state index < -0.39 is 0 Å². The molecule has 4 rings (SSSR count). The molecule has 1 aliphatic heterocycles. The largest absolute Gasteiger partial charge is 0.397 e. The normalized spacial score (nSPS) is 14.2. The number of amides is 2. The first-order valence-corrected chi connectivity index (χ1v) is 9.85. The third kappa shape index (κ3) is 3.09. The number of anilines is 1. The van der Waals surface area contributed by atoms with Gasteiger partial charge in [-0.25, -0.2) is 0 Å². The van der Waals surface area contributed by atoms with Crippen LogP contribution in [0.4, 0.5) is 5.69 Å². The maximum atomic E-state index is 12.7. The summed E-state index contributed by atoms with van der Waals surface area (Å²) in [5, 5.41) is 12.0. The lowest BCUT2D eigenvalue weighted by Gasteiger charge is -2.39. The minimum absolute atomic E-state index is 0.0201. The van der Waals surface area contributed by atoms with Crippen molar-refractivity contribution in [3.8, 4) is 0 Å². The van der Waals surface area contributed by atoms with E-state index in [2.05, 4.69) is 15.5 Å². The van der Waals surface area contributed by atoms with Crippen LogP contribution in [0.15, 0.2) is 24.3 Å². The van der Waals surface area contributed by atoms with Gasteiger partial charge in [0.2, 0.25) is 0 Å². The predicted octanol–water partition coefficient (Wildman–Crippen LogP) is 2.45. The van der Waals surface area contributed by atoms with E-state index >= 15 is 0 Å². The first-order valence-electron chi connectivity index (χ1n) is 9.03. The second-order valence-corrected chi connectivity index (χ2v) is 8.18. The summed E-state index contributed by atoms with van der Waals surface area (Å²) in [6, 6.07) is 7.41. The molecule has 1 fully saturated rings. The fraction of sp³-hybridized carbons (Fsp3) is 0.300. The Hall–Kier alpha value is -3.00. The molecular weight excluding hydrogens is 374 g/mol. The highest BCUT2D eigenvalue weighted by molar-refractivity contribution is 7.21. The standard InChI is InChI=1S/C20H21N5O2S/c1-10-4-6-13(7-5-10)20(27)25-8-14(9-25)22-18(26)17-16(21)15-11(2)12(3)23-24-19(15)28-17/h4-7,14H,8-9,21H2,1-3H3,(H,22,26). The summed E-state index contributed by atoms with van der Waals surface area (Å²) >= 11 is 1.25. The van der Waals surface area contributed by atoms with Gasteiger partial charge in [-0.2, -0.15) is 5.10 Å². The summed E-state index contributed by atoms with van der Waals surface area (Å²) in [6.45, 7) is 6.75. The van der Waals surface area contributed by atoms with E-state index in [4.69, 9.17) is 5.73 Å². The number of hydrogen-bond donors (Lipinski definition) is 2. The lowest BCUT2D eigenvalue weighted by Crippen LogP contribution is -2.60. The number of aromatic nitrogens is 2. The van der Waals surface area contributed by atoms with Gasteiger partial charge in [0, 0.05) is 24.0 Å². The van der Waals surface area contributed by atoms with E-state index in [0.29, 0.717) is 34.0 Å². The third-order valence-electron chi connectivity index (χ3n) is 5.14. The van der Waals surface area contributed by atoms with E-state index in [1.165, 1.54) is 11.3 Å². The van der Waals surface area contributed by atoms with Crippen molar-refractivity contribution >= 4 is 39.1 Å². The van der Waals surface area contributed by atoms with Crippen molar-refractivity contribution in [2.75, 3.05) is 18.8 Å². The van der Waals surface area contributed by atoms with Gasteiger partial charge >= 0.3 is 0 Å². The molecule has 2 aromatic heterocycles. The average Bonchev–Trinajstić information content (AvgIpc) is 2.98. The van der Waals surface area contributed by atoms with E-state index in [1.807, 2.05) is 45.0 Å². The molecule has 3 heterocycles. The summed E-state index contributed by atoms with van der Waals surface area (Å²) in [5.41, 5.74) is 10.2. The number of likely N-dealkylation sites (tertiary alicyclic amines) is 1. The van der Waals surface area contributed by atoms with E-state index in [-0.39, 0.29) is 17.9 Å². The molecule has 3 N–H and O–H groups in total. The quantitative estimate of drug-likeness (QED) is 0.709. The van der Waals surface area contributed by atoms with Crippen LogP contribution in [0.2, 0.25) is 0 Å². The predicted molar refractivity (Wildman–Crippen MR) is 110 cm³/mol. The maximum Gasteiger partial charge on any atom is 0.263 e. The van der Waals surface area contributed by atoms with Gasteiger partial charge in [0.1, 0.15) is 9.71 Å². The zero-order chi connectivity index (χ0) is 20.0. The zero-order valence-electron chi connectivity index (χ0n) is 15.9. The second-order valence-electron chi connectivity index (χ2n) is 7.18.